The first-order valence-electron chi connectivity index (χ1n) is 8.14. The largest absolute Gasteiger partial charge is 0.334 e. The predicted molar refractivity (Wildman–Crippen MR) is 96.0 cm³/mol. The highest BCUT2D eigenvalue weighted by Gasteiger charge is 2.16. The van der Waals surface area contributed by atoms with Gasteiger partial charge < -0.3 is 9.88 Å². The highest BCUT2D eigenvalue weighted by molar-refractivity contribution is 5.94. The molecule has 3 aromatic rings. The Labute approximate surface area is 140 Å². The first kappa shape index (κ1) is 16.0. The molecule has 0 aliphatic carbocycles. The van der Waals surface area contributed by atoms with Crippen LogP contribution in [0.1, 0.15) is 29.3 Å². The Morgan fingerprint density at radius 2 is 1.75 bits per heavy atom. The van der Waals surface area contributed by atoms with Gasteiger partial charge >= 0.3 is 0 Å². The zero-order chi connectivity index (χ0) is 16.9. The van der Waals surface area contributed by atoms with Gasteiger partial charge in [0.05, 0.1) is 6.54 Å². The number of pyridine rings is 1. The van der Waals surface area contributed by atoms with E-state index in [9.17, 15) is 9.59 Å². The normalized spacial score (nSPS) is 10.7. The second-order valence-electron chi connectivity index (χ2n) is 5.80. The number of hydrogen-bond donors (Lipinski definition) is 1. The monoisotopic (exact) mass is 320 g/mol. The number of amides is 1. The first-order valence-corrected chi connectivity index (χ1v) is 8.14. The Bertz CT molecular complexity index is 900. The molecule has 0 saturated heterocycles. The van der Waals surface area contributed by atoms with Gasteiger partial charge in [0.2, 0.25) is 0 Å². The van der Waals surface area contributed by atoms with E-state index in [1.165, 1.54) is 0 Å². The Morgan fingerprint density at radius 1 is 1.04 bits per heavy atom. The minimum Gasteiger partial charge on any atom is -0.334 e. The highest BCUT2D eigenvalue weighted by Crippen LogP contribution is 2.13. The van der Waals surface area contributed by atoms with Crippen LogP contribution in [0.5, 0.6) is 0 Å². The van der Waals surface area contributed by atoms with E-state index in [-0.39, 0.29) is 11.5 Å². The Kier molecular flexibility index (Phi) is 4.75. The molecule has 0 aliphatic rings. The molecule has 1 amide bonds. The molecule has 2 aromatic carbocycles. The molecule has 0 unspecified atom stereocenters. The number of benzene rings is 2. The second kappa shape index (κ2) is 7.13. The van der Waals surface area contributed by atoms with Gasteiger partial charge in [0.15, 0.2) is 0 Å². The fraction of sp³-hybridized carbons (Fsp3) is 0.200. The maximum Gasteiger partial charge on any atom is 0.254 e. The maximum atomic E-state index is 12.7. The molecule has 0 radical (unpaired) electrons. The third-order valence-electron chi connectivity index (χ3n) is 3.99. The van der Waals surface area contributed by atoms with Crippen LogP contribution in [0.25, 0.3) is 10.9 Å². The van der Waals surface area contributed by atoms with Gasteiger partial charge in [-0.2, -0.15) is 0 Å². The molecule has 122 valence electrons. The number of fused-ring (bicyclic) bond motifs is 1. The number of aromatic amines is 1. The molecule has 3 rings (SSSR count). The number of carbonyl (C=O) groups is 1. The van der Waals surface area contributed by atoms with E-state index in [2.05, 4.69) is 4.98 Å². The molecule has 0 bridgehead atoms. The van der Waals surface area contributed by atoms with Crippen LogP contribution in [0.2, 0.25) is 0 Å². The smallest absolute Gasteiger partial charge is 0.254 e. The number of nitrogens with zero attached hydrogens (tertiary/aromatic N) is 1. The van der Waals surface area contributed by atoms with Gasteiger partial charge in [-0.25, -0.2) is 0 Å². The van der Waals surface area contributed by atoms with Crippen LogP contribution in [-0.2, 0) is 6.54 Å². The minimum atomic E-state index is -0.143. The van der Waals surface area contributed by atoms with Crippen LogP contribution in [0.15, 0.2) is 65.5 Å². The van der Waals surface area contributed by atoms with Crippen molar-refractivity contribution in [2.45, 2.75) is 19.9 Å². The summed E-state index contributed by atoms with van der Waals surface area (Å²) < 4.78 is 0. The van der Waals surface area contributed by atoms with Gasteiger partial charge in [0.25, 0.3) is 11.5 Å². The van der Waals surface area contributed by atoms with Crippen molar-refractivity contribution in [2.75, 3.05) is 6.54 Å². The van der Waals surface area contributed by atoms with Crippen molar-refractivity contribution in [1.82, 2.24) is 9.88 Å². The maximum absolute atomic E-state index is 12.7. The minimum absolute atomic E-state index is 0.0509. The van der Waals surface area contributed by atoms with Crippen LogP contribution in [0.4, 0.5) is 0 Å². The van der Waals surface area contributed by atoms with Crippen molar-refractivity contribution in [3.05, 3.63) is 82.1 Å². The van der Waals surface area contributed by atoms with Gasteiger partial charge in [0.1, 0.15) is 0 Å². The van der Waals surface area contributed by atoms with Gasteiger partial charge in [0, 0.05) is 23.2 Å². The molecule has 1 heterocycles. The summed E-state index contributed by atoms with van der Waals surface area (Å²) in [5.41, 5.74) is 1.91. The fourth-order valence-corrected chi connectivity index (χ4v) is 2.80. The summed E-state index contributed by atoms with van der Waals surface area (Å²) in [7, 11) is 0. The van der Waals surface area contributed by atoms with E-state index in [4.69, 9.17) is 0 Å². The third kappa shape index (κ3) is 3.38. The van der Waals surface area contributed by atoms with Crippen molar-refractivity contribution in [3.63, 3.8) is 0 Å². The van der Waals surface area contributed by atoms with E-state index in [1.54, 1.807) is 17.0 Å². The lowest BCUT2D eigenvalue weighted by molar-refractivity contribution is 0.0742. The number of nitrogens with one attached hydrogen (secondary N) is 1. The van der Waals surface area contributed by atoms with Crippen molar-refractivity contribution in [1.29, 1.82) is 0 Å². The summed E-state index contributed by atoms with van der Waals surface area (Å²) in [5, 5.41) is 0.968. The highest BCUT2D eigenvalue weighted by atomic mass is 16.2. The molecule has 4 heteroatoms. The first-order chi connectivity index (χ1) is 11.7. The summed E-state index contributed by atoms with van der Waals surface area (Å²) in [6.07, 6.45) is 0.837. The average Bonchev–Trinajstić information content (AvgIpc) is 2.62. The van der Waals surface area contributed by atoms with E-state index in [1.807, 2.05) is 55.5 Å². The van der Waals surface area contributed by atoms with Crippen LogP contribution < -0.4 is 5.56 Å². The van der Waals surface area contributed by atoms with Crippen LogP contribution in [0.3, 0.4) is 0 Å². The molecule has 4 nitrogen and oxygen atoms in total. The van der Waals surface area contributed by atoms with Crippen molar-refractivity contribution >= 4 is 16.8 Å². The van der Waals surface area contributed by atoms with Crippen molar-refractivity contribution in [3.8, 4) is 0 Å². The number of para-hydroxylation sites is 1. The van der Waals surface area contributed by atoms with Gasteiger partial charge in [-0.1, -0.05) is 43.3 Å². The molecule has 0 atom stereocenters. The second-order valence-corrected chi connectivity index (χ2v) is 5.80. The summed E-state index contributed by atoms with van der Waals surface area (Å²) in [6, 6.07) is 18.7. The number of carbonyl (C=O) groups excluding carboxylic acids is 1. The fourth-order valence-electron chi connectivity index (χ4n) is 2.80. The topological polar surface area (TPSA) is 53.2 Å². The van der Waals surface area contributed by atoms with Crippen LogP contribution >= 0.6 is 0 Å². The predicted octanol–water partition coefficient (Wildman–Crippen LogP) is 3.58. The van der Waals surface area contributed by atoms with E-state index >= 15 is 0 Å². The third-order valence-corrected chi connectivity index (χ3v) is 3.99. The molecule has 0 spiro atoms. The summed E-state index contributed by atoms with van der Waals surface area (Å²) in [5.74, 6) is -0.0509. The lowest BCUT2D eigenvalue weighted by Crippen LogP contribution is -2.33. The zero-order valence-electron chi connectivity index (χ0n) is 13.7. The van der Waals surface area contributed by atoms with Gasteiger partial charge in [-0.3, -0.25) is 9.59 Å². The molecule has 0 aliphatic heterocycles. The van der Waals surface area contributed by atoms with Gasteiger partial charge in [-0.05, 0) is 36.1 Å². The van der Waals surface area contributed by atoms with Crippen LogP contribution in [-0.4, -0.2) is 22.3 Å². The molecule has 0 saturated carbocycles. The number of aromatic nitrogens is 1. The molecule has 1 N–H and O–H groups in total. The number of H-pyrrole nitrogens is 1. The van der Waals surface area contributed by atoms with E-state index in [0.717, 1.165) is 17.3 Å². The van der Waals surface area contributed by atoms with Crippen LogP contribution in [0, 0.1) is 0 Å². The standard InChI is InChI=1S/C20H20N2O2/c1-2-12-22(20(24)15-8-4-3-5-9-15)14-17-13-16-10-6-7-11-18(16)21-19(17)23/h3-11,13H,2,12,14H2,1H3,(H,21,23). The molecule has 1 aromatic heterocycles. The zero-order valence-corrected chi connectivity index (χ0v) is 13.7. The van der Waals surface area contributed by atoms with E-state index < -0.39 is 0 Å². The molecule has 0 fully saturated rings. The Morgan fingerprint density at radius 3 is 2.50 bits per heavy atom. The summed E-state index contributed by atoms with van der Waals surface area (Å²) in [4.78, 5) is 29.7. The van der Waals surface area contributed by atoms with E-state index in [0.29, 0.717) is 24.2 Å². The summed E-state index contributed by atoms with van der Waals surface area (Å²) in [6.45, 7) is 2.94. The summed E-state index contributed by atoms with van der Waals surface area (Å²) >= 11 is 0. The lowest BCUT2D eigenvalue weighted by Gasteiger charge is -2.22. The number of rotatable bonds is 5. The lowest BCUT2D eigenvalue weighted by atomic mass is 10.1. The SMILES string of the molecule is CCCN(Cc1cc2ccccc2[nH]c1=O)C(=O)c1ccccc1. The quantitative estimate of drug-likeness (QED) is 0.781. The Balaban J connectivity index is 1.92. The van der Waals surface area contributed by atoms with Crippen molar-refractivity contribution < 1.29 is 4.79 Å². The number of hydrogen-bond acceptors (Lipinski definition) is 2. The molecular formula is C20H20N2O2. The van der Waals surface area contributed by atoms with Crippen molar-refractivity contribution in [2.24, 2.45) is 0 Å². The average molecular weight is 320 g/mol. The molecule has 24 heavy (non-hydrogen) atoms. The Hall–Kier alpha value is -2.88. The van der Waals surface area contributed by atoms with Gasteiger partial charge in [-0.15, -0.1) is 0 Å². The molecular weight excluding hydrogens is 300 g/mol.